The first kappa shape index (κ1) is 19.3. The number of anilines is 1. The molecule has 0 aliphatic carbocycles. The van der Waals surface area contributed by atoms with E-state index in [0.717, 1.165) is 41.8 Å². The Morgan fingerprint density at radius 2 is 1.83 bits per heavy atom. The van der Waals surface area contributed by atoms with Crippen molar-refractivity contribution in [2.75, 3.05) is 18.4 Å². The third kappa shape index (κ3) is 4.21. The number of hydrogen-bond donors (Lipinski definition) is 2. The van der Waals surface area contributed by atoms with Crippen LogP contribution in [0.4, 0.5) is 23.7 Å². The van der Waals surface area contributed by atoms with E-state index in [1.165, 1.54) is 17.7 Å². The molecule has 0 bridgehead atoms. The number of aromatic nitrogens is 2. The number of carbonyl (C=O) groups excluding carboxylic acids is 1. The summed E-state index contributed by atoms with van der Waals surface area (Å²) in [7, 11) is 0. The van der Waals surface area contributed by atoms with Crippen molar-refractivity contribution in [2.45, 2.75) is 31.9 Å². The van der Waals surface area contributed by atoms with Crippen LogP contribution in [-0.4, -0.2) is 34.0 Å². The van der Waals surface area contributed by atoms with Crippen LogP contribution in [0.25, 0.3) is 11.0 Å². The quantitative estimate of drug-likeness (QED) is 0.611. The van der Waals surface area contributed by atoms with E-state index >= 15 is 0 Å². The fourth-order valence-corrected chi connectivity index (χ4v) is 3.64. The van der Waals surface area contributed by atoms with Crippen molar-refractivity contribution in [1.82, 2.24) is 14.9 Å². The van der Waals surface area contributed by atoms with E-state index in [1.54, 1.807) is 4.90 Å². The van der Waals surface area contributed by atoms with Gasteiger partial charge in [-0.1, -0.05) is 6.07 Å². The number of halogens is 3. The molecule has 0 unspecified atom stereocenters. The number of likely N-dealkylation sites (tertiary alicyclic amines) is 1. The Morgan fingerprint density at radius 3 is 2.48 bits per heavy atom. The largest absolute Gasteiger partial charge is 0.416 e. The number of imidazole rings is 1. The number of hydrogen-bond acceptors (Lipinski definition) is 2. The van der Waals surface area contributed by atoms with Crippen LogP contribution < -0.4 is 5.32 Å². The molecule has 2 amide bonds. The van der Waals surface area contributed by atoms with E-state index in [0.29, 0.717) is 18.8 Å². The summed E-state index contributed by atoms with van der Waals surface area (Å²) in [6.07, 6.45) is -2.84. The van der Waals surface area contributed by atoms with Gasteiger partial charge in [-0.25, -0.2) is 9.78 Å². The minimum atomic E-state index is -4.39. The fraction of sp³-hybridized carbons (Fsp3) is 0.333. The van der Waals surface area contributed by atoms with Crippen molar-refractivity contribution < 1.29 is 18.0 Å². The van der Waals surface area contributed by atoms with Gasteiger partial charge in [-0.3, -0.25) is 0 Å². The third-order valence-electron chi connectivity index (χ3n) is 5.29. The molecule has 29 heavy (non-hydrogen) atoms. The van der Waals surface area contributed by atoms with Crippen molar-refractivity contribution in [3.63, 3.8) is 0 Å². The second-order valence-electron chi connectivity index (χ2n) is 7.41. The Balaban J connectivity index is 1.35. The first-order valence-corrected chi connectivity index (χ1v) is 9.49. The lowest BCUT2D eigenvalue weighted by Gasteiger charge is -2.31. The lowest BCUT2D eigenvalue weighted by atomic mass is 9.96. The van der Waals surface area contributed by atoms with Crippen LogP contribution in [0.5, 0.6) is 0 Å². The number of aryl methyl sites for hydroxylation is 1. The number of carbonyl (C=O) groups is 1. The van der Waals surface area contributed by atoms with Gasteiger partial charge in [0.15, 0.2) is 0 Å². The number of H-pyrrole nitrogens is 1. The zero-order valence-corrected chi connectivity index (χ0v) is 15.9. The number of piperidine rings is 1. The summed E-state index contributed by atoms with van der Waals surface area (Å²) in [5.41, 5.74) is 2.73. The van der Waals surface area contributed by atoms with E-state index in [1.807, 2.05) is 19.1 Å². The fourth-order valence-electron chi connectivity index (χ4n) is 3.64. The first-order valence-electron chi connectivity index (χ1n) is 9.49. The zero-order valence-electron chi connectivity index (χ0n) is 15.9. The molecule has 152 valence electrons. The van der Waals surface area contributed by atoms with Gasteiger partial charge in [-0.15, -0.1) is 0 Å². The van der Waals surface area contributed by atoms with Crippen molar-refractivity contribution in [1.29, 1.82) is 0 Å². The standard InChI is InChI=1S/C21H21F3N4O/c1-13-2-7-17-18(12-13)27-19(26-17)14-8-10-28(11-9-14)20(29)25-16-5-3-15(4-6-16)21(22,23)24/h2-7,12,14H,8-11H2,1H3,(H,25,29)(H,26,27). The maximum Gasteiger partial charge on any atom is 0.416 e. The molecule has 8 heteroatoms. The highest BCUT2D eigenvalue weighted by Gasteiger charge is 2.30. The molecule has 2 heterocycles. The molecule has 1 fully saturated rings. The van der Waals surface area contributed by atoms with Gasteiger partial charge in [-0.05, 0) is 61.7 Å². The van der Waals surface area contributed by atoms with E-state index in [4.69, 9.17) is 0 Å². The molecular formula is C21H21F3N4O. The Bertz CT molecular complexity index is 1020. The number of urea groups is 1. The molecule has 0 atom stereocenters. The maximum atomic E-state index is 12.6. The summed E-state index contributed by atoms with van der Waals surface area (Å²) in [6.45, 7) is 3.16. The number of amides is 2. The molecule has 1 aliphatic rings. The molecule has 2 N–H and O–H groups in total. The molecule has 0 radical (unpaired) electrons. The summed E-state index contributed by atoms with van der Waals surface area (Å²) in [5, 5.41) is 2.67. The van der Waals surface area contributed by atoms with Crippen LogP contribution in [0.2, 0.25) is 0 Å². The van der Waals surface area contributed by atoms with Crippen molar-refractivity contribution >= 4 is 22.8 Å². The minimum Gasteiger partial charge on any atom is -0.342 e. The van der Waals surface area contributed by atoms with Crippen LogP contribution in [0.15, 0.2) is 42.5 Å². The molecule has 1 saturated heterocycles. The molecular weight excluding hydrogens is 381 g/mol. The summed E-state index contributed by atoms with van der Waals surface area (Å²) in [4.78, 5) is 22.2. The smallest absolute Gasteiger partial charge is 0.342 e. The Morgan fingerprint density at radius 1 is 1.14 bits per heavy atom. The summed E-state index contributed by atoms with van der Waals surface area (Å²) < 4.78 is 37.9. The van der Waals surface area contributed by atoms with Crippen molar-refractivity contribution in [2.24, 2.45) is 0 Å². The van der Waals surface area contributed by atoms with Gasteiger partial charge in [-0.2, -0.15) is 13.2 Å². The predicted octanol–water partition coefficient (Wildman–Crippen LogP) is 5.30. The predicted molar refractivity (Wildman–Crippen MR) is 105 cm³/mol. The first-order chi connectivity index (χ1) is 13.8. The molecule has 5 nitrogen and oxygen atoms in total. The molecule has 3 aromatic rings. The molecule has 2 aromatic carbocycles. The molecule has 0 spiro atoms. The third-order valence-corrected chi connectivity index (χ3v) is 5.29. The number of aromatic amines is 1. The van der Waals surface area contributed by atoms with Crippen LogP contribution >= 0.6 is 0 Å². The number of nitrogens with zero attached hydrogens (tertiary/aromatic N) is 2. The second-order valence-corrected chi connectivity index (χ2v) is 7.41. The van der Waals surface area contributed by atoms with Crippen molar-refractivity contribution in [3.05, 3.63) is 59.4 Å². The topological polar surface area (TPSA) is 61.0 Å². The SMILES string of the molecule is Cc1ccc2nc(C3CCN(C(=O)Nc4ccc(C(F)(F)F)cc4)CC3)[nH]c2c1. The van der Waals surface area contributed by atoms with E-state index in [2.05, 4.69) is 21.4 Å². The Hall–Kier alpha value is -3.03. The van der Waals surface area contributed by atoms with E-state index in [9.17, 15) is 18.0 Å². The lowest BCUT2D eigenvalue weighted by Crippen LogP contribution is -2.40. The number of rotatable bonds is 2. The van der Waals surface area contributed by atoms with Gasteiger partial charge in [0.25, 0.3) is 0 Å². The normalized spacial score (nSPS) is 15.7. The number of benzene rings is 2. The highest BCUT2D eigenvalue weighted by molar-refractivity contribution is 5.89. The van der Waals surface area contributed by atoms with Gasteiger partial charge < -0.3 is 15.2 Å². The van der Waals surface area contributed by atoms with Gasteiger partial charge in [0.1, 0.15) is 5.82 Å². The highest BCUT2D eigenvalue weighted by Crippen LogP contribution is 2.31. The maximum absolute atomic E-state index is 12.6. The monoisotopic (exact) mass is 402 g/mol. The van der Waals surface area contributed by atoms with Crippen molar-refractivity contribution in [3.8, 4) is 0 Å². The van der Waals surface area contributed by atoms with Gasteiger partial charge in [0, 0.05) is 24.7 Å². The molecule has 0 saturated carbocycles. The zero-order chi connectivity index (χ0) is 20.6. The molecule has 1 aromatic heterocycles. The van der Waals surface area contributed by atoms with Gasteiger partial charge >= 0.3 is 12.2 Å². The van der Waals surface area contributed by atoms with Gasteiger partial charge in [0.05, 0.1) is 16.6 Å². The highest BCUT2D eigenvalue weighted by atomic mass is 19.4. The lowest BCUT2D eigenvalue weighted by molar-refractivity contribution is -0.137. The Kier molecular flexibility index (Phi) is 4.94. The number of nitrogens with one attached hydrogen (secondary N) is 2. The number of alkyl halides is 3. The van der Waals surface area contributed by atoms with E-state index < -0.39 is 11.7 Å². The van der Waals surface area contributed by atoms with Crippen LogP contribution in [-0.2, 0) is 6.18 Å². The Labute approximate surface area is 165 Å². The number of fused-ring (bicyclic) bond motifs is 1. The summed E-state index contributed by atoms with van der Waals surface area (Å²) >= 11 is 0. The van der Waals surface area contributed by atoms with E-state index in [-0.39, 0.29) is 11.9 Å². The minimum absolute atomic E-state index is 0.248. The van der Waals surface area contributed by atoms with Crippen LogP contribution in [0.1, 0.15) is 35.7 Å². The second kappa shape index (κ2) is 7.42. The summed E-state index contributed by atoms with van der Waals surface area (Å²) in [6, 6.07) is 10.3. The van der Waals surface area contributed by atoms with Gasteiger partial charge in [0.2, 0.25) is 0 Å². The average Bonchev–Trinajstić information content (AvgIpc) is 3.11. The van der Waals surface area contributed by atoms with Crippen LogP contribution in [0, 0.1) is 6.92 Å². The van der Waals surface area contributed by atoms with Crippen LogP contribution in [0.3, 0.4) is 0 Å². The molecule has 1 aliphatic heterocycles. The molecule has 4 rings (SSSR count). The summed E-state index contributed by atoms with van der Waals surface area (Å²) in [5.74, 6) is 1.19. The average molecular weight is 402 g/mol.